The van der Waals surface area contributed by atoms with Crippen molar-refractivity contribution in [3.05, 3.63) is 41.6 Å². The normalized spacial score (nSPS) is 11.4. The molecule has 1 nitrogen and oxygen atoms in total. The van der Waals surface area contributed by atoms with E-state index < -0.39 is 0 Å². The molecule has 0 amide bonds. The number of aromatic nitrogens is 1. The Kier molecular flexibility index (Phi) is 2.00. The molecule has 0 unspecified atom stereocenters. The van der Waals surface area contributed by atoms with Crippen LogP contribution in [0.3, 0.4) is 0 Å². The minimum absolute atomic E-state index is 0.933. The highest BCUT2D eigenvalue weighted by molar-refractivity contribution is 5.35. The average Bonchev–Trinajstić information content (AvgIpc) is 1.94. The lowest BCUT2D eigenvalue weighted by atomic mass is 10.3. The Bertz CT molecular complexity index is 325. The number of allylic oxidation sites excluding steroid dienone is 1. The first kappa shape index (κ1) is 6.75. The fourth-order valence-electron chi connectivity index (χ4n) is 0.727. The maximum atomic E-state index is 3.91. The summed E-state index contributed by atoms with van der Waals surface area (Å²) in [6.07, 6.45) is 7.12. The van der Waals surface area contributed by atoms with E-state index in [0.717, 1.165) is 10.4 Å². The van der Waals surface area contributed by atoms with E-state index in [0.29, 0.717) is 0 Å². The van der Waals surface area contributed by atoms with E-state index in [9.17, 15) is 0 Å². The number of nitrogens with zero attached hydrogens (tertiary/aromatic N) is 1. The third-order valence-corrected chi connectivity index (χ3v) is 1.24. The molecule has 50 valence electrons. The summed E-state index contributed by atoms with van der Waals surface area (Å²) in [5.74, 6) is 0. The van der Waals surface area contributed by atoms with Crippen molar-refractivity contribution in [2.45, 2.75) is 0 Å². The van der Waals surface area contributed by atoms with Gasteiger partial charge in [-0.25, -0.2) is 0 Å². The molecule has 0 bridgehead atoms. The largest absolute Gasteiger partial charge is 0.264 e. The van der Waals surface area contributed by atoms with E-state index in [1.165, 1.54) is 0 Å². The first-order valence-electron chi connectivity index (χ1n) is 3.06. The van der Waals surface area contributed by atoms with Crippen LogP contribution in [0, 0.1) is 0 Å². The molecule has 0 spiro atoms. The first-order chi connectivity index (χ1) is 4.84. The maximum absolute atomic E-state index is 3.91. The van der Waals surface area contributed by atoms with Crippen LogP contribution in [0.2, 0.25) is 0 Å². The van der Waals surface area contributed by atoms with Crippen molar-refractivity contribution in [3.63, 3.8) is 0 Å². The van der Waals surface area contributed by atoms with Gasteiger partial charge in [-0.2, -0.15) is 0 Å². The number of hydrogen-bond donors (Lipinski definition) is 0. The van der Waals surface area contributed by atoms with Crippen molar-refractivity contribution in [1.82, 2.24) is 4.98 Å². The topological polar surface area (TPSA) is 12.9 Å². The molecule has 1 rings (SSSR count). The number of pyridine rings is 1. The van der Waals surface area contributed by atoms with Gasteiger partial charge >= 0.3 is 0 Å². The van der Waals surface area contributed by atoms with Gasteiger partial charge in [0.15, 0.2) is 0 Å². The van der Waals surface area contributed by atoms with Crippen LogP contribution in [0.5, 0.6) is 0 Å². The molecule has 0 saturated carbocycles. The zero-order chi connectivity index (χ0) is 7.40. The van der Waals surface area contributed by atoms with Crippen LogP contribution in [-0.4, -0.2) is 4.98 Å². The maximum Gasteiger partial charge on any atom is 0.0340 e. The molecule has 0 atom stereocenters. The molecule has 0 aliphatic heterocycles. The summed E-state index contributed by atoms with van der Waals surface area (Å²) < 4.78 is 0. The number of hydrogen-bond acceptors (Lipinski definition) is 1. The smallest absolute Gasteiger partial charge is 0.0340 e. The Labute approximate surface area is 60.0 Å². The van der Waals surface area contributed by atoms with Crippen LogP contribution in [0.1, 0.15) is 0 Å². The first-order valence-corrected chi connectivity index (χ1v) is 3.06. The molecule has 0 saturated heterocycles. The van der Waals surface area contributed by atoms with E-state index in [-0.39, 0.29) is 0 Å². The van der Waals surface area contributed by atoms with Gasteiger partial charge in [0.1, 0.15) is 0 Å². The summed E-state index contributed by atoms with van der Waals surface area (Å²) in [5, 5.41) is 2.01. The van der Waals surface area contributed by atoms with Crippen LogP contribution in [0.4, 0.5) is 0 Å². The van der Waals surface area contributed by atoms with Crippen LogP contribution in [0.15, 0.2) is 31.1 Å². The van der Waals surface area contributed by atoms with Gasteiger partial charge in [-0.05, 0) is 16.5 Å². The molecule has 1 aromatic rings. The minimum Gasteiger partial charge on any atom is -0.264 e. The van der Waals surface area contributed by atoms with Crippen LogP contribution in [0.25, 0.3) is 12.7 Å². The van der Waals surface area contributed by atoms with Crippen molar-refractivity contribution in [3.8, 4) is 0 Å². The molecule has 10 heavy (non-hydrogen) atoms. The van der Waals surface area contributed by atoms with Gasteiger partial charge in [0.2, 0.25) is 0 Å². The molecular formula is C9H9N. The summed E-state index contributed by atoms with van der Waals surface area (Å²) in [5.41, 5.74) is 0. The molecule has 0 aromatic carbocycles. The Balaban J connectivity index is 3.43. The second-order valence-electron chi connectivity index (χ2n) is 1.98. The summed E-state index contributed by atoms with van der Waals surface area (Å²) >= 11 is 0. The zero-order valence-corrected chi connectivity index (χ0v) is 5.75. The van der Waals surface area contributed by atoms with Crippen molar-refractivity contribution in [1.29, 1.82) is 0 Å². The van der Waals surface area contributed by atoms with E-state index in [2.05, 4.69) is 18.1 Å². The minimum atomic E-state index is 0.933. The van der Waals surface area contributed by atoms with Crippen molar-refractivity contribution in [2.75, 3.05) is 0 Å². The summed E-state index contributed by atoms with van der Waals surface area (Å²) in [6, 6.07) is 1.91. The highest BCUT2D eigenvalue weighted by Gasteiger charge is 1.76. The molecule has 0 aliphatic rings. The van der Waals surface area contributed by atoms with Gasteiger partial charge in [-0.1, -0.05) is 25.3 Å². The van der Waals surface area contributed by atoms with Gasteiger partial charge in [0.25, 0.3) is 0 Å². The van der Waals surface area contributed by atoms with E-state index >= 15 is 0 Å². The summed E-state index contributed by atoms with van der Waals surface area (Å²) in [7, 11) is 0. The SMILES string of the molecule is C=C/C=c1/ccncc1=C. The third-order valence-electron chi connectivity index (χ3n) is 1.24. The Morgan fingerprint density at radius 1 is 1.50 bits per heavy atom. The van der Waals surface area contributed by atoms with E-state index in [1.807, 2.05) is 12.1 Å². The van der Waals surface area contributed by atoms with Gasteiger partial charge in [0, 0.05) is 12.4 Å². The molecule has 0 aliphatic carbocycles. The van der Waals surface area contributed by atoms with Crippen LogP contribution < -0.4 is 10.4 Å². The predicted molar refractivity (Wildman–Crippen MR) is 43.7 cm³/mol. The Hall–Kier alpha value is -1.37. The molecule has 0 N–H and O–H groups in total. The van der Waals surface area contributed by atoms with Crippen molar-refractivity contribution >= 4 is 12.7 Å². The number of rotatable bonds is 1. The molecule has 0 fully saturated rings. The fraction of sp³-hybridized carbons (Fsp3) is 0. The van der Waals surface area contributed by atoms with Gasteiger partial charge in [-0.15, -0.1) is 0 Å². The van der Waals surface area contributed by atoms with Crippen molar-refractivity contribution in [2.24, 2.45) is 0 Å². The van der Waals surface area contributed by atoms with Gasteiger partial charge in [0.05, 0.1) is 0 Å². The second-order valence-corrected chi connectivity index (χ2v) is 1.98. The molecular weight excluding hydrogens is 122 g/mol. The Morgan fingerprint density at radius 3 is 2.90 bits per heavy atom. The highest BCUT2D eigenvalue weighted by Crippen LogP contribution is 1.65. The van der Waals surface area contributed by atoms with Crippen molar-refractivity contribution < 1.29 is 0 Å². The van der Waals surface area contributed by atoms with Gasteiger partial charge < -0.3 is 0 Å². The fourth-order valence-corrected chi connectivity index (χ4v) is 0.727. The lowest BCUT2D eigenvalue weighted by molar-refractivity contribution is 1.28. The third kappa shape index (κ3) is 1.32. The molecule has 0 radical (unpaired) electrons. The predicted octanol–water partition coefficient (Wildman–Crippen LogP) is 0.458. The van der Waals surface area contributed by atoms with E-state index in [4.69, 9.17) is 0 Å². The summed E-state index contributed by atoms with van der Waals surface area (Å²) in [6.45, 7) is 7.39. The second kappa shape index (κ2) is 2.97. The highest BCUT2D eigenvalue weighted by atomic mass is 14.6. The van der Waals surface area contributed by atoms with Gasteiger partial charge in [-0.3, -0.25) is 4.98 Å². The zero-order valence-electron chi connectivity index (χ0n) is 5.75. The average molecular weight is 131 g/mol. The summed E-state index contributed by atoms with van der Waals surface area (Å²) in [4.78, 5) is 3.91. The lowest BCUT2D eigenvalue weighted by Gasteiger charge is -1.83. The van der Waals surface area contributed by atoms with E-state index in [1.54, 1.807) is 18.5 Å². The van der Waals surface area contributed by atoms with Crippen LogP contribution in [-0.2, 0) is 0 Å². The Morgan fingerprint density at radius 2 is 2.30 bits per heavy atom. The standard InChI is InChI=1S/C9H9N/c1-3-4-9-5-6-10-7-8(9)2/h3-7H,1-2H2/b9-4-. The molecule has 1 aromatic heterocycles. The molecule has 1 heterocycles. The van der Waals surface area contributed by atoms with Crippen LogP contribution >= 0.6 is 0 Å². The monoisotopic (exact) mass is 131 g/mol. The molecule has 1 heteroatoms. The quantitative estimate of drug-likeness (QED) is 0.539. The lowest BCUT2D eigenvalue weighted by Crippen LogP contribution is -2.22.